The van der Waals surface area contributed by atoms with Crippen molar-refractivity contribution in [3.8, 4) is 11.1 Å². The number of aryl methyl sites for hydroxylation is 1. The first-order chi connectivity index (χ1) is 10.2. The molecule has 3 heterocycles. The number of H-pyrrole nitrogens is 1. The Morgan fingerprint density at radius 2 is 2.25 bits per heavy atom. The third-order valence-electron chi connectivity index (χ3n) is 3.95. The number of ether oxygens (including phenoxy) is 1. The Morgan fingerprint density at radius 3 is 3.20 bits per heavy atom. The van der Waals surface area contributed by atoms with Crippen molar-refractivity contribution in [2.45, 2.75) is 20.0 Å². The van der Waals surface area contributed by atoms with Gasteiger partial charge in [0, 0.05) is 23.3 Å². The summed E-state index contributed by atoms with van der Waals surface area (Å²) in [6.45, 7) is 3.37. The molecule has 0 amide bonds. The summed E-state index contributed by atoms with van der Waals surface area (Å²) < 4.78 is 13.7. The molecule has 1 aliphatic rings. The number of hydrogen-bond donors (Lipinski definition) is 1. The third-order valence-corrected chi connectivity index (χ3v) is 3.95. The first-order valence-corrected chi connectivity index (χ1v) is 6.86. The van der Waals surface area contributed by atoms with Crippen molar-refractivity contribution >= 4 is 11.0 Å². The summed E-state index contributed by atoms with van der Waals surface area (Å²) in [5, 5.41) is 1.14. The van der Waals surface area contributed by atoms with Crippen LogP contribution in [0.4, 0.5) is 0 Å². The summed E-state index contributed by atoms with van der Waals surface area (Å²) in [5.74, 6) is 0. The maximum absolute atomic E-state index is 8.21. The van der Waals surface area contributed by atoms with E-state index in [0.29, 0.717) is 12.6 Å². The highest BCUT2D eigenvalue weighted by atomic mass is 16.5. The molecule has 3 nitrogen and oxygen atoms in total. The normalized spacial score (nSPS) is 15.2. The highest BCUT2D eigenvalue weighted by Crippen LogP contribution is 2.27. The van der Waals surface area contributed by atoms with Gasteiger partial charge in [0.25, 0.3) is 0 Å². The minimum absolute atomic E-state index is 0.558. The van der Waals surface area contributed by atoms with Crippen LogP contribution in [0.1, 0.15) is 18.1 Å². The Hall–Kier alpha value is -2.13. The zero-order valence-electron chi connectivity index (χ0n) is 12.4. The predicted molar refractivity (Wildman–Crippen MR) is 79.6 cm³/mol. The maximum atomic E-state index is 8.21. The Balaban J connectivity index is 1.87. The second-order valence-electron chi connectivity index (χ2n) is 5.29. The molecule has 1 N–H and O–H groups in total. The third kappa shape index (κ3) is 1.82. The van der Waals surface area contributed by atoms with Crippen molar-refractivity contribution in [3.63, 3.8) is 0 Å². The molecule has 0 saturated carbocycles. The summed E-state index contributed by atoms with van der Waals surface area (Å²) in [5.41, 5.74) is 6.49. The van der Waals surface area contributed by atoms with Gasteiger partial charge in [0.1, 0.15) is 5.65 Å². The van der Waals surface area contributed by atoms with Crippen LogP contribution in [0.3, 0.4) is 0 Å². The molecule has 0 saturated heterocycles. The number of aromatic amines is 1. The minimum atomic E-state index is 0.558. The minimum Gasteiger partial charge on any atom is -0.376 e. The van der Waals surface area contributed by atoms with E-state index in [9.17, 15) is 0 Å². The first-order valence-electron chi connectivity index (χ1n) is 7.36. The van der Waals surface area contributed by atoms with E-state index in [1.807, 2.05) is 18.5 Å². The number of fused-ring (bicyclic) bond motifs is 2. The van der Waals surface area contributed by atoms with Crippen molar-refractivity contribution in [3.05, 3.63) is 53.3 Å². The van der Waals surface area contributed by atoms with Crippen molar-refractivity contribution in [2.24, 2.45) is 0 Å². The van der Waals surface area contributed by atoms with Crippen LogP contribution in [0.5, 0.6) is 0 Å². The van der Waals surface area contributed by atoms with Crippen LogP contribution >= 0.6 is 0 Å². The van der Waals surface area contributed by atoms with Gasteiger partial charge in [0.05, 0.1) is 14.6 Å². The topological polar surface area (TPSA) is 37.9 Å². The van der Waals surface area contributed by atoms with Crippen molar-refractivity contribution < 1.29 is 6.11 Å². The standard InChI is InChI=1S/C17H16N2O/c1-11-8-18-17-16(11)7-15(9-19-17)12-2-3-14-10-20-5-4-13(14)6-12/h2-3,6-9H,4-5,10H2,1H3,(H,18,19)/i3D. The summed E-state index contributed by atoms with van der Waals surface area (Å²) in [6, 6.07) is 6.81. The van der Waals surface area contributed by atoms with E-state index in [2.05, 4.69) is 29.0 Å². The van der Waals surface area contributed by atoms with Crippen LogP contribution in [0.2, 0.25) is 0 Å². The van der Waals surface area contributed by atoms with Crippen LogP contribution in [0.15, 0.2) is 36.6 Å². The van der Waals surface area contributed by atoms with Crippen LogP contribution < -0.4 is 0 Å². The second kappa shape index (κ2) is 4.46. The van der Waals surface area contributed by atoms with E-state index in [1.54, 1.807) is 0 Å². The van der Waals surface area contributed by atoms with E-state index >= 15 is 0 Å². The number of pyridine rings is 1. The van der Waals surface area contributed by atoms with Crippen molar-refractivity contribution in [1.29, 1.82) is 0 Å². The second-order valence-corrected chi connectivity index (χ2v) is 5.29. The van der Waals surface area contributed by atoms with Gasteiger partial charge < -0.3 is 9.72 Å². The highest BCUT2D eigenvalue weighted by molar-refractivity contribution is 5.84. The van der Waals surface area contributed by atoms with Gasteiger partial charge in [-0.25, -0.2) is 4.98 Å². The fraction of sp³-hybridized carbons (Fsp3) is 0.235. The lowest BCUT2D eigenvalue weighted by Crippen LogP contribution is -2.09. The molecule has 4 rings (SSSR count). The molecule has 0 spiro atoms. The lowest BCUT2D eigenvalue weighted by atomic mass is 9.97. The van der Waals surface area contributed by atoms with Gasteiger partial charge in [-0.3, -0.25) is 0 Å². The number of rotatable bonds is 1. The number of hydrogen-bond acceptors (Lipinski definition) is 2. The SMILES string of the molecule is [2H]c1cc(-c2cnc3[nH]cc(C)c3c2)cc2c1COCC2. The van der Waals surface area contributed by atoms with Crippen LogP contribution in [0, 0.1) is 6.92 Å². The van der Waals surface area contributed by atoms with Gasteiger partial charge in [-0.05, 0) is 41.7 Å². The summed E-state index contributed by atoms with van der Waals surface area (Å²) >= 11 is 0. The Morgan fingerprint density at radius 1 is 1.30 bits per heavy atom. The summed E-state index contributed by atoms with van der Waals surface area (Å²) in [4.78, 5) is 7.64. The average Bonchev–Trinajstić information content (AvgIpc) is 2.88. The van der Waals surface area contributed by atoms with Crippen molar-refractivity contribution in [1.82, 2.24) is 9.97 Å². The molecule has 1 aliphatic heterocycles. The monoisotopic (exact) mass is 265 g/mol. The molecule has 0 fully saturated rings. The summed E-state index contributed by atoms with van der Waals surface area (Å²) in [6.07, 6.45) is 4.73. The fourth-order valence-electron chi connectivity index (χ4n) is 2.75. The number of nitrogens with one attached hydrogen (secondary N) is 1. The fourth-order valence-corrected chi connectivity index (χ4v) is 2.75. The van der Waals surface area contributed by atoms with Crippen LogP contribution in [-0.4, -0.2) is 16.6 Å². The maximum Gasteiger partial charge on any atom is 0.137 e. The molecular weight excluding hydrogens is 248 g/mol. The van der Waals surface area contributed by atoms with E-state index in [1.165, 1.54) is 11.1 Å². The molecule has 0 radical (unpaired) electrons. The first kappa shape index (κ1) is 10.6. The number of aromatic nitrogens is 2. The largest absolute Gasteiger partial charge is 0.376 e. The zero-order valence-corrected chi connectivity index (χ0v) is 11.4. The quantitative estimate of drug-likeness (QED) is 0.730. The van der Waals surface area contributed by atoms with E-state index in [-0.39, 0.29) is 0 Å². The molecular formula is C17H16N2O. The number of nitrogens with zero attached hydrogens (tertiary/aromatic N) is 1. The van der Waals surface area contributed by atoms with Gasteiger partial charge in [0.2, 0.25) is 0 Å². The zero-order chi connectivity index (χ0) is 14.4. The van der Waals surface area contributed by atoms with E-state index in [4.69, 9.17) is 6.11 Å². The van der Waals surface area contributed by atoms with Crippen LogP contribution in [0.25, 0.3) is 22.2 Å². The molecule has 1 aromatic carbocycles. The molecule has 2 aromatic heterocycles. The molecule has 0 atom stereocenters. The smallest absolute Gasteiger partial charge is 0.137 e. The molecule has 3 aromatic rings. The van der Waals surface area contributed by atoms with Crippen molar-refractivity contribution in [2.75, 3.05) is 6.61 Å². The number of benzene rings is 1. The van der Waals surface area contributed by atoms with Gasteiger partial charge >= 0.3 is 0 Å². The molecule has 0 unspecified atom stereocenters. The molecule has 0 bridgehead atoms. The van der Waals surface area contributed by atoms with Gasteiger partial charge in [-0.1, -0.05) is 18.2 Å². The molecule has 20 heavy (non-hydrogen) atoms. The van der Waals surface area contributed by atoms with Gasteiger partial charge in [-0.2, -0.15) is 0 Å². The molecule has 100 valence electrons. The summed E-state index contributed by atoms with van der Waals surface area (Å²) in [7, 11) is 0. The Labute approximate surface area is 119 Å². The van der Waals surface area contributed by atoms with Gasteiger partial charge in [0.15, 0.2) is 0 Å². The molecule has 3 heteroatoms. The lowest BCUT2D eigenvalue weighted by molar-refractivity contribution is 0.111. The van der Waals surface area contributed by atoms with Crippen LogP contribution in [-0.2, 0) is 17.8 Å². The Kier molecular flexibility index (Phi) is 2.37. The predicted octanol–water partition coefficient (Wildman–Crippen LogP) is 3.61. The average molecular weight is 265 g/mol. The lowest BCUT2D eigenvalue weighted by Gasteiger charge is -2.17. The Bertz CT molecular complexity index is 838. The highest BCUT2D eigenvalue weighted by Gasteiger charge is 2.11. The van der Waals surface area contributed by atoms with Gasteiger partial charge in [-0.15, -0.1) is 0 Å². The van der Waals surface area contributed by atoms with E-state index < -0.39 is 0 Å². The van der Waals surface area contributed by atoms with E-state index in [0.717, 1.165) is 40.8 Å². The molecule has 0 aliphatic carbocycles.